The number of aryl methyl sites for hydroxylation is 1. The molecule has 0 bridgehead atoms. The number of sulfonamides is 1. The Morgan fingerprint density at radius 3 is 2.61 bits per heavy atom. The Morgan fingerprint density at radius 1 is 1.29 bits per heavy atom. The van der Waals surface area contributed by atoms with Crippen LogP contribution in [0.1, 0.15) is 29.6 Å². The first-order valence-corrected chi connectivity index (χ1v) is 11.3. The summed E-state index contributed by atoms with van der Waals surface area (Å²) in [6.07, 6.45) is 4.93. The van der Waals surface area contributed by atoms with E-state index in [1.807, 2.05) is 35.0 Å². The molecule has 0 N–H and O–H groups in total. The molecule has 8 heteroatoms. The smallest absolute Gasteiger partial charge is 0.211 e. The van der Waals surface area contributed by atoms with Gasteiger partial charge in [-0.25, -0.2) is 12.7 Å². The Bertz CT molecular complexity index is 998. The monoisotopic (exact) mass is 402 g/mol. The molecule has 1 fully saturated rings. The second-order valence-electron chi connectivity index (χ2n) is 7.37. The summed E-state index contributed by atoms with van der Waals surface area (Å²) in [5.41, 5.74) is 1.65. The highest BCUT2D eigenvalue weighted by Gasteiger charge is 2.28. The molecule has 2 heterocycles. The van der Waals surface area contributed by atoms with Crippen molar-refractivity contribution < 1.29 is 13.2 Å². The van der Waals surface area contributed by atoms with E-state index in [0.717, 1.165) is 23.7 Å². The maximum Gasteiger partial charge on any atom is 0.211 e. The highest BCUT2D eigenvalue weighted by atomic mass is 32.2. The molecule has 150 valence electrons. The van der Waals surface area contributed by atoms with Gasteiger partial charge in [0.2, 0.25) is 10.0 Å². The van der Waals surface area contributed by atoms with Gasteiger partial charge in [-0.2, -0.15) is 5.26 Å². The lowest BCUT2D eigenvalue weighted by Gasteiger charge is -2.35. The minimum Gasteiger partial charge on any atom is -0.346 e. The van der Waals surface area contributed by atoms with E-state index in [1.165, 1.54) is 10.6 Å². The summed E-state index contributed by atoms with van der Waals surface area (Å²) in [4.78, 5) is 15.1. The number of nitriles is 1. The van der Waals surface area contributed by atoms with Crippen molar-refractivity contribution in [3.8, 4) is 6.07 Å². The summed E-state index contributed by atoms with van der Waals surface area (Å²) in [5, 5.41) is 9.78. The van der Waals surface area contributed by atoms with Gasteiger partial charge in [-0.15, -0.1) is 0 Å². The molecule has 1 aromatic heterocycles. The van der Waals surface area contributed by atoms with Crippen LogP contribution in [0.4, 0.5) is 0 Å². The molecule has 0 saturated carbocycles. The second kappa shape index (κ2) is 8.43. The third-order valence-electron chi connectivity index (χ3n) is 5.52. The van der Waals surface area contributed by atoms with Crippen LogP contribution >= 0.6 is 0 Å². The molecule has 0 amide bonds. The molecule has 28 heavy (non-hydrogen) atoms. The number of aromatic nitrogens is 1. The van der Waals surface area contributed by atoms with E-state index in [4.69, 9.17) is 5.26 Å². The molecule has 1 saturated heterocycles. The third kappa shape index (κ3) is 4.43. The van der Waals surface area contributed by atoms with Crippen molar-refractivity contribution in [1.29, 1.82) is 5.26 Å². The molecule has 0 spiro atoms. The van der Waals surface area contributed by atoms with Crippen molar-refractivity contribution in [2.45, 2.75) is 31.8 Å². The van der Waals surface area contributed by atoms with Gasteiger partial charge in [0.15, 0.2) is 5.78 Å². The van der Waals surface area contributed by atoms with Crippen LogP contribution in [0.3, 0.4) is 0 Å². The van der Waals surface area contributed by atoms with Gasteiger partial charge in [0, 0.05) is 55.4 Å². The SMILES string of the molecule is CN(C1CCN(CC(=O)c2cn(CCC#N)c3ccccc23)CC1)S(C)(=O)=O. The Balaban J connectivity index is 1.69. The number of piperidine rings is 1. The number of benzene rings is 1. The van der Waals surface area contributed by atoms with Crippen LogP contribution in [-0.4, -0.2) is 67.0 Å². The Kier molecular flexibility index (Phi) is 6.18. The molecule has 0 atom stereocenters. The van der Waals surface area contributed by atoms with Crippen molar-refractivity contribution in [2.75, 3.05) is 32.9 Å². The summed E-state index contributed by atoms with van der Waals surface area (Å²) in [5.74, 6) is 0.0572. The van der Waals surface area contributed by atoms with Crippen LogP contribution in [0.5, 0.6) is 0 Å². The second-order valence-corrected chi connectivity index (χ2v) is 9.41. The number of fused-ring (bicyclic) bond motifs is 1. The number of carbonyl (C=O) groups is 1. The zero-order chi connectivity index (χ0) is 20.3. The number of likely N-dealkylation sites (tertiary alicyclic amines) is 1. The number of hydrogen-bond acceptors (Lipinski definition) is 5. The fourth-order valence-corrected chi connectivity index (χ4v) is 4.58. The molecule has 0 radical (unpaired) electrons. The van der Waals surface area contributed by atoms with Gasteiger partial charge >= 0.3 is 0 Å². The van der Waals surface area contributed by atoms with E-state index in [-0.39, 0.29) is 11.8 Å². The minimum atomic E-state index is -3.19. The summed E-state index contributed by atoms with van der Waals surface area (Å²) in [6.45, 7) is 2.28. The first kappa shape index (κ1) is 20.5. The van der Waals surface area contributed by atoms with Gasteiger partial charge in [-0.1, -0.05) is 18.2 Å². The number of rotatable bonds is 7. The van der Waals surface area contributed by atoms with Crippen molar-refractivity contribution in [1.82, 2.24) is 13.8 Å². The number of ketones is 1. The third-order valence-corrected chi connectivity index (χ3v) is 6.86. The summed E-state index contributed by atoms with van der Waals surface area (Å²) in [7, 11) is -1.57. The fourth-order valence-electron chi connectivity index (χ4n) is 3.82. The molecule has 0 unspecified atom stereocenters. The first-order chi connectivity index (χ1) is 13.3. The van der Waals surface area contributed by atoms with Crippen LogP contribution < -0.4 is 0 Å². The topological polar surface area (TPSA) is 86.4 Å². The van der Waals surface area contributed by atoms with Gasteiger partial charge in [0.25, 0.3) is 0 Å². The Morgan fingerprint density at radius 2 is 1.96 bits per heavy atom. The zero-order valence-electron chi connectivity index (χ0n) is 16.3. The average Bonchev–Trinajstić information content (AvgIpc) is 3.04. The zero-order valence-corrected chi connectivity index (χ0v) is 17.2. The molecule has 1 aromatic carbocycles. The Labute approximate surface area is 166 Å². The van der Waals surface area contributed by atoms with E-state index in [0.29, 0.717) is 38.2 Å². The molecular formula is C20H26N4O3S. The van der Waals surface area contributed by atoms with Crippen LogP contribution in [0.25, 0.3) is 10.9 Å². The predicted molar refractivity (Wildman–Crippen MR) is 109 cm³/mol. The molecule has 3 rings (SSSR count). The lowest BCUT2D eigenvalue weighted by molar-refractivity contribution is 0.0892. The van der Waals surface area contributed by atoms with Crippen LogP contribution in [0.2, 0.25) is 0 Å². The maximum atomic E-state index is 13.0. The van der Waals surface area contributed by atoms with Gasteiger partial charge in [0.1, 0.15) is 0 Å². The van der Waals surface area contributed by atoms with Crippen molar-refractivity contribution in [3.63, 3.8) is 0 Å². The molecule has 2 aromatic rings. The van der Waals surface area contributed by atoms with Gasteiger partial charge < -0.3 is 4.57 Å². The number of carbonyl (C=O) groups excluding carboxylic acids is 1. The summed E-state index contributed by atoms with van der Waals surface area (Å²) >= 11 is 0. The normalized spacial score (nSPS) is 16.5. The number of nitrogens with zero attached hydrogens (tertiary/aromatic N) is 4. The van der Waals surface area contributed by atoms with Crippen molar-refractivity contribution >= 4 is 26.7 Å². The quantitative estimate of drug-likeness (QED) is 0.662. The van der Waals surface area contributed by atoms with Crippen LogP contribution in [0, 0.1) is 11.3 Å². The van der Waals surface area contributed by atoms with E-state index in [2.05, 4.69) is 11.0 Å². The van der Waals surface area contributed by atoms with Crippen molar-refractivity contribution in [2.24, 2.45) is 0 Å². The van der Waals surface area contributed by atoms with E-state index in [9.17, 15) is 13.2 Å². The van der Waals surface area contributed by atoms with Gasteiger partial charge in [-0.3, -0.25) is 9.69 Å². The molecule has 1 aliphatic rings. The summed E-state index contributed by atoms with van der Waals surface area (Å²) in [6, 6.07) is 9.90. The highest BCUT2D eigenvalue weighted by Crippen LogP contribution is 2.23. The lowest BCUT2D eigenvalue weighted by atomic mass is 10.0. The largest absolute Gasteiger partial charge is 0.346 e. The van der Waals surface area contributed by atoms with E-state index >= 15 is 0 Å². The molecule has 0 aliphatic carbocycles. The minimum absolute atomic E-state index is 0.00533. The standard InChI is InChI=1S/C20H26N4O3S/c1-22(28(2,26)27)16-8-12-23(13-9-16)15-20(25)18-14-24(11-5-10-21)19-7-4-3-6-17(18)19/h3-4,6-7,14,16H,5,8-9,11-13,15H2,1-2H3. The van der Waals surface area contributed by atoms with Gasteiger partial charge in [-0.05, 0) is 18.9 Å². The van der Waals surface area contributed by atoms with Crippen LogP contribution in [0.15, 0.2) is 30.5 Å². The predicted octanol–water partition coefficient (Wildman–Crippen LogP) is 2.09. The lowest BCUT2D eigenvalue weighted by Crippen LogP contribution is -2.46. The average molecular weight is 403 g/mol. The van der Waals surface area contributed by atoms with Crippen LogP contribution in [-0.2, 0) is 16.6 Å². The van der Waals surface area contributed by atoms with Gasteiger partial charge in [0.05, 0.1) is 25.3 Å². The fraction of sp³-hybridized carbons (Fsp3) is 0.500. The number of Topliss-reactive ketones (excluding diaryl/α,β-unsaturated/α-hetero) is 1. The first-order valence-electron chi connectivity index (χ1n) is 9.44. The number of para-hydroxylation sites is 1. The van der Waals surface area contributed by atoms with E-state index < -0.39 is 10.0 Å². The highest BCUT2D eigenvalue weighted by molar-refractivity contribution is 7.88. The van der Waals surface area contributed by atoms with E-state index in [1.54, 1.807) is 7.05 Å². The van der Waals surface area contributed by atoms with Crippen molar-refractivity contribution in [3.05, 3.63) is 36.0 Å². The molecular weight excluding hydrogens is 376 g/mol. The number of hydrogen-bond donors (Lipinski definition) is 0. The Hall–Kier alpha value is -2.21. The maximum absolute atomic E-state index is 13.0. The molecule has 1 aliphatic heterocycles. The summed E-state index contributed by atoms with van der Waals surface area (Å²) < 4.78 is 26.8. The molecule has 7 nitrogen and oxygen atoms in total.